The molecule has 0 aliphatic rings. The fourth-order valence-electron chi connectivity index (χ4n) is 1.40. The highest BCUT2D eigenvalue weighted by Crippen LogP contribution is 2.09. The highest BCUT2D eigenvalue weighted by Gasteiger charge is 2.11. The first-order valence-corrected chi connectivity index (χ1v) is 6.62. The zero-order chi connectivity index (χ0) is 13.0. The predicted molar refractivity (Wildman–Crippen MR) is 68.9 cm³/mol. The fraction of sp³-hybridized carbons (Fsp3) is 0.545. The molecule has 0 bridgehead atoms. The molecule has 0 aromatic carbocycles. The zero-order valence-electron chi connectivity index (χ0n) is 10.1. The first kappa shape index (κ1) is 13.8. The van der Waals surface area contributed by atoms with Crippen molar-refractivity contribution in [3.8, 4) is 0 Å². The van der Waals surface area contributed by atoms with Crippen molar-refractivity contribution in [3.63, 3.8) is 0 Å². The molecule has 0 aliphatic heterocycles. The van der Waals surface area contributed by atoms with E-state index in [0.29, 0.717) is 18.2 Å². The van der Waals surface area contributed by atoms with Crippen LogP contribution in [0, 0.1) is 0 Å². The lowest BCUT2D eigenvalue weighted by Crippen LogP contribution is -2.38. The number of nitrogens with zero attached hydrogens (tertiary/aromatic N) is 1. The van der Waals surface area contributed by atoms with Gasteiger partial charge < -0.3 is 4.98 Å². The molecule has 0 saturated heterocycles. The Kier molecular flexibility index (Phi) is 4.74. The summed E-state index contributed by atoms with van der Waals surface area (Å²) in [4.78, 5) is 36.9. The van der Waals surface area contributed by atoms with Gasteiger partial charge in [0.15, 0.2) is 5.78 Å². The van der Waals surface area contributed by atoms with Crippen LogP contribution in [0.4, 0.5) is 0 Å². The molecule has 5 nitrogen and oxygen atoms in total. The minimum atomic E-state index is -0.505. The average molecular weight is 256 g/mol. The average Bonchev–Trinajstić information content (AvgIpc) is 2.27. The molecule has 0 amide bonds. The van der Waals surface area contributed by atoms with Crippen LogP contribution < -0.4 is 11.2 Å². The summed E-state index contributed by atoms with van der Waals surface area (Å²) in [5, 5.41) is 0.363. The van der Waals surface area contributed by atoms with Crippen LogP contribution in [0.5, 0.6) is 0 Å². The van der Waals surface area contributed by atoms with Crippen molar-refractivity contribution in [2.75, 3.05) is 6.26 Å². The number of carbonyl (C=O) groups excluding carboxylic acids is 1. The Bertz CT molecular complexity index is 518. The SMILES string of the molecule is CSC(C)CCn1c(=O)[nH]cc(C(C)=O)c1=O. The van der Waals surface area contributed by atoms with Gasteiger partial charge in [0.2, 0.25) is 0 Å². The standard InChI is InChI=1S/C11H16N2O3S/c1-7(17-3)4-5-13-10(15)9(8(2)14)6-12-11(13)16/h6-7H,4-5H2,1-3H3,(H,12,16). The van der Waals surface area contributed by atoms with Gasteiger partial charge in [0.1, 0.15) is 0 Å². The fourth-order valence-corrected chi connectivity index (χ4v) is 1.74. The summed E-state index contributed by atoms with van der Waals surface area (Å²) in [6, 6.07) is 0. The lowest BCUT2D eigenvalue weighted by atomic mass is 10.2. The van der Waals surface area contributed by atoms with Gasteiger partial charge >= 0.3 is 5.69 Å². The lowest BCUT2D eigenvalue weighted by Gasteiger charge is -2.09. The van der Waals surface area contributed by atoms with E-state index in [1.54, 1.807) is 11.8 Å². The molecule has 1 unspecified atom stereocenters. The van der Waals surface area contributed by atoms with Crippen molar-refractivity contribution < 1.29 is 4.79 Å². The molecule has 0 fully saturated rings. The molecule has 0 radical (unpaired) electrons. The van der Waals surface area contributed by atoms with E-state index in [9.17, 15) is 14.4 Å². The number of hydrogen-bond donors (Lipinski definition) is 1. The Morgan fingerprint density at radius 3 is 2.71 bits per heavy atom. The molecule has 0 saturated carbocycles. The van der Waals surface area contributed by atoms with E-state index in [4.69, 9.17) is 0 Å². The van der Waals surface area contributed by atoms with Gasteiger partial charge in [-0.15, -0.1) is 0 Å². The third-order valence-corrected chi connectivity index (χ3v) is 3.64. The molecule has 0 aliphatic carbocycles. The topological polar surface area (TPSA) is 71.9 Å². The summed E-state index contributed by atoms with van der Waals surface area (Å²) >= 11 is 1.67. The second-order valence-corrected chi connectivity index (χ2v) is 5.13. The first-order valence-electron chi connectivity index (χ1n) is 5.33. The van der Waals surface area contributed by atoms with E-state index in [1.807, 2.05) is 13.2 Å². The van der Waals surface area contributed by atoms with Crippen molar-refractivity contribution in [3.05, 3.63) is 32.6 Å². The number of aromatic amines is 1. The van der Waals surface area contributed by atoms with E-state index < -0.39 is 11.2 Å². The zero-order valence-corrected chi connectivity index (χ0v) is 11.0. The molecule has 1 aromatic heterocycles. The van der Waals surface area contributed by atoms with Crippen LogP contribution in [0.15, 0.2) is 15.8 Å². The number of Topliss-reactive ketones (excluding diaryl/α,β-unsaturated/α-hetero) is 1. The van der Waals surface area contributed by atoms with Crippen molar-refractivity contribution in [2.45, 2.75) is 32.1 Å². The van der Waals surface area contributed by atoms with Crippen LogP contribution in [0.25, 0.3) is 0 Å². The number of H-pyrrole nitrogens is 1. The second kappa shape index (κ2) is 5.86. The number of rotatable bonds is 5. The Morgan fingerprint density at radius 1 is 1.53 bits per heavy atom. The first-order chi connectivity index (χ1) is 7.97. The number of ketones is 1. The van der Waals surface area contributed by atoms with E-state index in [1.165, 1.54) is 13.1 Å². The molecule has 1 rings (SSSR count). The molecule has 94 valence electrons. The predicted octanol–water partition coefficient (Wildman–Crippen LogP) is 0.881. The van der Waals surface area contributed by atoms with E-state index >= 15 is 0 Å². The summed E-state index contributed by atoms with van der Waals surface area (Å²) in [5.41, 5.74) is -0.940. The van der Waals surface area contributed by atoms with Crippen LogP contribution >= 0.6 is 11.8 Å². The molecule has 0 spiro atoms. The normalized spacial score (nSPS) is 12.4. The third-order valence-electron chi connectivity index (χ3n) is 2.60. The van der Waals surface area contributed by atoms with E-state index in [0.717, 1.165) is 4.57 Å². The molecule has 6 heteroatoms. The highest BCUT2D eigenvalue weighted by atomic mass is 32.2. The number of nitrogens with one attached hydrogen (secondary N) is 1. The van der Waals surface area contributed by atoms with Crippen molar-refractivity contribution in [1.29, 1.82) is 0 Å². The van der Waals surface area contributed by atoms with E-state index in [2.05, 4.69) is 4.98 Å². The minimum Gasteiger partial charge on any atom is -0.313 e. The van der Waals surface area contributed by atoms with E-state index in [-0.39, 0.29) is 11.3 Å². The largest absolute Gasteiger partial charge is 0.328 e. The van der Waals surface area contributed by atoms with Gasteiger partial charge in [0.05, 0.1) is 5.56 Å². The van der Waals surface area contributed by atoms with Gasteiger partial charge in [-0.1, -0.05) is 6.92 Å². The van der Waals surface area contributed by atoms with Gasteiger partial charge in [-0.2, -0.15) is 11.8 Å². The van der Waals surface area contributed by atoms with Crippen molar-refractivity contribution in [2.24, 2.45) is 0 Å². The minimum absolute atomic E-state index is 0.0291. The molecule has 17 heavy (non-hydrogen) atoms. The Balaban J connectivity index is 3.07. The van der Waals surface area contributed by atoms with Crippen molar-refractivity contribution in [1.82, 2.24) is 9.55 Å². The molecule has 1 atom stereocenters. The monoisotopic (exact) mass is 256 g/mol. The lowest BCUT2D eigenvalue weighted by molar-refractivity contribution is 0.101. The molecule has 1 aromatic rings. The Hall–Kier alpha value is -1.30. The molecule has 1 N–H and O–H groups in total. The number of carbonyl (C=O) groups is 1. The molecule has 1 heterocycles. The maximum atomic E-state index is 11.8. The summed E-state index contributed by atoms with van der Waals surface area (Å²) in [7, 11) is 0. The van der Waals surface area contributed by atoms with Gasteiger partial charge in [-0.05, 0) is 19.6 Å². The van der Waals surface area contributed by atoms with Crippen LogP contribution in [0.2, 0.25) is 0 Å². The summed E-state index contributed by atoms with van der Waals surface area (Å²) in [6.45, 7) is 3.67. The Labute approximate surface area is 103 Å². The number of hydrogen-bond acceptors (Lipinski definition) is 4. The highest BCUT2D eigenvalue weighted by molar-refractivity contribution is 7.99. The second-order valence-electron chi connectivity index (χ2n) is 3.86. The maximum Gasteiger partial charge on any atom is 0.328 e. The van der Waals surface area contributed by atoms with Crippen LogP contribution in [-0.2, 0) is 6.54 Å². The Morgan fingerprint density at radius 2 is 2.18 bits per heavy atom. The number of aromatic nitrogens is 2. The van der Waals surface area contributed by atoms with Gasteiger partial charge in [0.25, 0.3) is 5.56 Å². The maximum absolute atomic E-state index is 11.8. The van der Waals surface area contributed by atoms with Crippen molar-refractivity contribution >= 4 is 17.5 Å². The molecular weight excluding hydrogens is 240 g/mol. The van der Waals surface area contributed by atoms with Crippen LogP contribution in [0.1, 0.15) is 30.6 Å². The molecular formula is C11H16N2O3S. The van der Waals surface area contributed by atoms with Crippen LogP contribution in [0.3, 0.4) is 0 Å². The summed E-state index contributed by atoms with van der Waals surface area (Å²) < 4.78 is 1.09. The summed E-state index contributed by atoms with van der Waals surface area (Å²) in [6.07, 6.45) is 3.87. The smallest absolute Gasteiger partial charge is 0.313 e. The summed E-state index contributed by atoms with van der Waals surface area (Å²) in [5.74, 6) is -0.335. The van der Waals surface area contributed by atoms with Crippen LogP contribution in [-0.4, -0.2) is 26.8 Å². The third kappa shape index (κ3) is 3.33. The van der Waals surface area contributed by atoms with Gasteiger partial charge in [-0.3, -0.25) is 14.2 Å². The number of thioether (sulfide) groups is 1. The van der Waals surface area contributed by atoms with Gasteiger partial charge in [0, 0.05) is 18.0 Å². The quantitative estimate of drug-likeness (QED) is 0.794. The van der Waals surface area contributed by atoms with Gasteiger partial charge in [-0.25, -0.2) is 4.79 Å².